The molecule has 1 aromatic carbocycles. The molecule has 5 heterocycles. The fourth-order valence-electron chi connectivity index (χ4n) is 9.13. The van der Waals surface area contributed by atoms with Gasteiger partial charge in [0.15, 0.2) is 0 Å². The first-order valence-corrected chi connectivity index (χ1v) is 11.2. The summed E-state index contributed by atoms with van der Waals surface area (Å²) in [4.78, 5) is 30.7. The quantitative estimate of drug-likeness (QED) is 0.606. The molecule has 4 saturated heterocycles. The second-order valence-electron chi connectivity index (χ2n) is 10.1. The molecule has 9 heteroatoms. The zero-order chi connectivity index (χ0) is 22.3. The molecular formula is C23H26N2O7. The number of methoxy groups -OCH3 is 2. The zero-order valence-electron chi connectivity index (χ0n) is 18.0. The van der Waals surface area contributed by atoms with Gasteiger partial charge in [-0.2, -0.15) is 0 Å². The standard InChI is InChI=1S/C23H26N2O7/c1-30-18(27)23(29)17-20-7-8-22(23)21(9-10-24(16(20)21)15(32-17)11-14(20)26)12-5-3-4-6-13(12)25(22)19(28)31-2/h3-6,14-17,26,29H,7-11H2,1-2H3/t14-,15+,16-,17?,20+,21+,22-,23+/m0/s1. The van der Waals surface area contributed by atoms with E-state index in [1.54, 1.807) is 0 Å². The van der Waals surface area contributed by atoms with Crippen molar-refractivity contribution in [2.24, 2.45) is 5.41 Å². The number of carbonyl (C=O) groups excluding carboxylic acids is 2. The van der Waals surface area contributed by atoms with Gasteiger partial charge in [-0.25, -0.2) is 9.59 Å². The van der Waals surface area contributed by atoms with Crippen molar-refractivity contribution in [1.29, 1.82) is 0 Å². The van der Waals surface area contributed by atoms with E-state index in [9.17, 15) is 19.8 Å². The van der Waals surface area contributed by atoms with Crippen LogP contribution < -0.4 is 4.90 Å². The number of nitrogens with zero attached hydrogens (tertiary/aromatic N) is 2. The molecule has 8 aliphatic rings. The van der Waals surface area contributed by atoms with Crippen LogP contribution in [-0.2, 0) is 24.4 Å². The summed E-state index contributed by atoms with van der Waals surface area (Å²) in [6.07, 6.45) is -0.818. The SMILES string of the molecule is COC(=O)N1c2ccccc2[C@@]23CCN4[C@H]5C[C@H](O)[C@]6(CC[C@]12[C@](O)(C(=O)OC)C6O5)[C@H]43. The van der Waals surface area contributed by atoms with E-state index in [0.29, 0.717) is 37.9 Å². The topological polar surface area (TPSA) is 109 Å². The number of piperidine rings is 1. The van der Waals surface area contributed by atoms with Gasteiger partial charge in [-0.05, 0) is 30.9 Å². The van der Waals surface area contributed by atoms with Crippen LogP contribution in [0.5, 0.6) is 0 Å². The van der Waals surface area contributed by atoms with Crippen LogP contribution in [0.3, 0.4) is 0 Å². The van der Waals surface area contributed by atoms with E-state index >= 15 is 0 Å². The van der Waals surface area contributed by atoms with E-state index < -0.39 is 52.5 Å². The van der Waals surface area contributed by atoms with Crippen LogP contribution in [0.15, 0.2) is 24.3 Å². The molecule has 1 unspecified atom stereocenters. The summed E-state index contributed by atoms with van der Waals surface area (Å²) in [6, 6.07) is 7.43. The van der Waals surface area contributed by atoms with Crippen molar-refractivity contribution in [3.05, 3.63) is 29.8 Å². The fraction of sp³-hybridized carbons (Fsp3) is 0.652. The Hall–Kier alpha value is -2.20. The number of ether oxygens (including phenoxy) is 3. The number of hydrogen-bond acceptors (Lipinski definition) is 8. The first kappa shape index (κ1) is 19.3. The second-order valence-corrected chi connectivity index (χ2v) is 10.1. The minimum atomic E-state index is -2.17. The molecule has 9 rings (SSSR count). The maximum Gasteiger partial charge on any atom is 0.414 e. The maximum absolute atomic E-state index is 13.5. The predicted octanol–water partition coefficient (Wildman–Crippen LogP) is 0.511. The lowest BCUT2D eigenvalue weighted by Crippen LogP contribution is -2.95. The van der Waals surface area contributed by atoms with E-state index in [2.05, 4.69) is 4.90 Å². The van der Waals surface area contributed by atoms with Gasteiger partial charge >= 0.3 is 12.1 Å². The van der Waals surface area contributed by atoms with E-state index in [-0.39, 0.29) is 6.04 Å². The molecule has 3 saturated carbocycles. The second kappa shape index (κ2) is 5.47. The number of aliphatic hydroxyl groups is 2. The Balaban J connectivity index is 1.64. The van der Waals surface area contributed by atoms with Gasteiger partial charge in [0.25, 0.3) is 0 Å². The Morgan fingerprint density at radius 1 is 1.16 bits per heavy atom. The number of fused-ring (bicyclic) bond motifs is 3. The first-order valence-electron chi connectivity index (χ1n) is 11.2. The highest BCUT2D eigenvalue weighted by Gasteiger charge is 2.93. The summed E-state index contributed by atoms with van der Waals surface area (Å²) >= 11 is 0. The zero-order valence-corrected chi connectivity index (χ0v) is 18.0. The third-order valence-electron chi connectivity index (χ3n) is 9.80. The van der Waals surface area contributed by atoms with Gasteiger partial charge in [-0.3, -0.25) is 9.80 Å². The largest absolute Gasteiger partial charge is 0.467 e. The molecule has 1 aromatic rings. The lowest BCUT2D eigenvalue weighted by atomic mass is 9.35. The molecule has 3 spiro atoms. The normalized spacial score (nSPS) is 49.1. The molecule has 32 heavy (non-hydrogen) atoms. The van der Waals surface area contributed by atoms with E-state index in [1.165, 1.54) is 19.1 Å². The number of anilines is 1. The summed E-state index contributed by atoms with van der Waals surface area (Å²) in [6.45, 7) is 0.693. The number of esters is 1. The third-order valence-corrected chi connectivity index (χ3v) is 9.80. The van der Waals surface area contributed by atoms with Gasteiger partial charge < -0.3 is 24.4 Å². The van der Waals surface area contributed by atoms with Crippen molar-refractivity contribution in [1.82, 2.24) is 4.90 Å². The van der Waals surface area contributed by atoms with Crippen LogP contribution in [0.2, 0.25) is 0 Å². The molecule has 3 aliphatic carbocycles. The number of amides is 1. The van der Waals surface area contributed by atoms with Gasteiger partial charge in [0.2, 0.25) is 5.60 Å². The predicted molar refractivity (Wildman–Crippen MR) is 109 cm³/mol. The highest BCUT2D eigenvalue weighted by atomic mass is 16.6. The molecule has 5 bridgehead atoms. The summed E-state index contributed by atoms with van der Waals surface area (Å²) in [5, 5.41) is 24.0. The third kappa shape index (κ3) is 1.49. The van der Waals surface area contributed by atoms with Gasteiger partial charge in [-0.1, -0.05) is 18.2 Å². The number of benzene rings is 1. The first-order chi connectivity index (χ1) is 15.4. The van der Waals surface area contributed by atoms with Crippen LogP contribution in [0.1, 0.15) is 31.2 Å². The van der Waals surface area contributed by atoms with Gasteiger partial charge in [0.05, 0.1) is 26.0 Å². The van der Waals surface area contributed by atoms with Crippen molar-refractivity contribution in [3.63, 3.8) is 0 Å². The maximum atomic E-state index is 13.5. The van der Waals surface area contributed by atoms with Crippen molar-refractivity contribution in [2.45, 2.75) is 66.7 Å². The van der Waals surface area contributed by atoms with Gasteiger partial charge in [-0.15, -0.1) is 0 Å². The molecule has 7 fully saturated rings. The Kier molecular flexibility index (Phi) is 3.30. The summed E-state index contributed by atoms with van der Waals surface area (Å²) < 4.78 is 16.8. The average molecular weight is 442 g/mol. The Morgan fingerprint density at radius 2 is 1.94 bits per heavy atom. The highest BCUT2D eigenvalue weighted by Crippen LogP contribution is 2.79. The minimum absolute atomic E-state index is 0.169. The number of rotatable bonds is 1. The van der Waals surface area contributed by atoms with Crippen LogP contribution in [0, 0.1) is 5.41 Å². The van der Waals surface area contributed by atoms with Crippen molar-refractivity contribution in [3.8, 4) is 0 Å². The summed E-state index contributed by atoms with van der Waals surface area (Å²) in [7, 11) is 2.55. The van der Waals surface area contributed by atoms with Crippen LogP contribution in [0.4, 0.5) is 10.5 Å². The molecule has 2 N–H and O–H groups in total. The number of carbonyl (C=O) groups is 2. The van der Waals surface area contributed by atoms with Crippen molar-refractivity contribution >= 4 is 17.7 Å². The average Bonchev–Trinajstić information content (AvgIpc) is 3.36. The monoisotopic (exact) mass is 442 g/mol. The molecule has 0 aromatic heterocycles. The molecule has 0 radical (unpaired) electrons. The van der Waals surface area contributed by atoms with E-state index in [0.717, 1.165) is 5.56 Å². The molecule has 8 atom stereocenters. The van der Waals surface area contributed by atoms with E-state index in [1.807, 2.05) is 24.3 Å². The van der Waals surface area contributed by atoms with Crippen molar-refractivity contribution < 1.29 is 34.0 Å². The lowest BCUT2D eigenvalue weighted by molar-refractivity contribution is -0.389. The van der Waals surface area contributed by atoms with Gasteiger partial charge in [0.1, 0.15) is 17.9 Å². The Labute approximate surface area is 184 Å². The summed E-state index contributed by atoms with van der Waals surface area (Å²) in [5.41, 5.74) is -3.57. The minimum Gasteiger partial charge on any atom is -0.467 e. The van der Waals surface area contributed by atoms with Gasteiger partial charge in [0, 0.05) is 29.8 Å². The number of aliphatic hydroxyl groups excluding tert-OH is 1. The summed E-state index contributed by atoms with van der Waals surface area (Å²) in [5.74, 6) is -0.834. The van der Waals surface area contributed by atoms with Crippen LogP contribution >= 0.6 is 0 Å². The lowest BCUT2D eigenvalue weighted by Gasteiger charge is -2.78. The molecule has 170 valence electrons. The smallest absolute Gasteiger partial charge is 0.414 e. The Bertz CT molecular complexity index is 1080. The van der Waals surface area contributed by atoms with E-state index in [4.69, 9.17) is 14.2 Å². The number of para-hydroxylation sites is 1. The van der Waals surface area contributed by atoms with Crippen molar-refractivity contribution in [2.75, 3.05) is 25.7 Å². The molecular weight excluding hydrogens is 416 g/mol. The fourth-order valence-corrected chi connectivity index (χ4v) is 9.13. The number of hydrogen-bond donors (Lipinski definition) is 2. The van der Waals surface area contributed by atoms with Crippen LogP contribution in [0.25, 0.3) is 0 Å². The molecule has 5 aliphatic heterocycles. The van der Waals surface area contributed by atoms with Crippen LogP contribution in [-0.4, -0.2) is 83.6 Å². The molecule has 9 nitrogen and oxygen atoms in total. The molecule has 1 amide bonds. The Morgan fingerprint density at radius 3 is 2.69 bits per heavy atom. The highest BCUT2D eigenvalue weighted by molar-refractivity contribution is 5.99.